The molecule has 4 aromatic rings. The molecule has 0 radical (unpaired) electrons. The van der Waals surface area contributed by atoms with E-state index in [1.165, 1.54) is 17.5 Å². The van der Waals surface area contributed by atoms with Crippen LogP contribution in [0.25, 0.3) is 11.1 Å². The third-order valence-electron chi connectivity index (χ3n) is 5.52. The molecule has 0 aliphatic carbocycles. The molecule has 2 aromatic carbocycles. The minimum atomic E-state index is 0.0432. The van der Waals surface area contributed by atoms with Crippen molar-refractivity contribution in [1.29, 1.82) is 0 Å². The topological polar surface area (TPSA) is 71.3 Å². The Hall–Kier alpha value is -3.86. The second-order valence-electron chi connectivity index (χ2n) is 7.60. The third kappa shape index (κ3) is 4.67. The summed E-state index contributed by atoms with van der Waals surface area (Å²) in [6.45, 7) is 4.05. The Morgan fingerprint density at radius 3 is 2.35 bits per heavy atom. The zero-order chi connectivity index (χ0) is 21.6. The minimum absolute atomic E-state index is 0.0432. The molecule has 0 aliphatic rings. The van der Waals surface area contributed by atoms with Crippen LogP contribution in [0.3, 0.4) is 0 Å². The van der Waals surface area contributed by atoms with Crippen molar-refractivity contribution in [2.75, 3.05) is 0 Å². The van der Waals surface area contributed by atoms with Gasteiger partial charge >= 0.3 is 0 Å². The van der Waals surface area contributed by atoms with Gasteiger partial charge in [-0.1, -0.05) is 53.7 Å². The highest BCUT2D eigenvalue weighted by atomic mass is 16.4. The van der Waals surface area contributed by atoms with Gasteiger partial charge in [-0.15, -0.1) is 0 Å². The molecule has 0 bridgehead atoms. The maximum atomic E-state index is 9.83. The van der Waals surface area contributed by atoms with Gasteiger partial charge in [-0.05, 0) is 48.2 Å². The number of benzene rings is 2. The summed E-state index contributed by atoms with van der Waals surface area (Å²) in [5.41, 5.74) is 8.02. The summed E-state index contributed by atoms with van der Waals surface area (Å²) >= 11 is 0. The van der Waals surface area contributed by atoms with Gasteiger partial charge in [0.2, 0.25) is 0 Å². The van der Waals surface area contributed by atoms with E-state index in [-0.39, 0.29) is 5.92 Å². The Balaban J connectivity index is 1.72. The van der Waals surface area contributed by atoms with Gasteiger partial charge in [0.25, 0.3) is 0 Å². The van der Waals surface area contributed by atoms with E-state index in [1.54, 1.807) is 6.20 Å². The molecule has 0 fully saturated rings. The van der Waals surface area contributed by atoms with Gasteiger partial charge < -0.3 is 5.21 Å². The molecule has 5 nitrogen and oxygen atoms in total. The van der Waals surface area contributed by atoms with Gasteiger partial charge in [-0.25, -0.2) is 9.97 Å². The molecular formula is C26H24N4O. The summed E-state index contributed by atoms with van der Waals surface area (Å²) in [6, 6.07) is 20.6. The largest absolute Gasteiger partial charge is 0.411 e. The van der Waals surface area contributed by atoms with E-state index in [4.69, 9.17) is 0 Å². The molecule has 0 saturated carbocycles. The fraction of sp³-hybridized carbons (Fsp3) is 0.154. The lowest BCUT2D eigenvalue weighted by molar-refractivity contribution is 0.317. The highest BCUT2D eigenvalue weighted by Crippen LogP contribution is 2.33. The predicted octanol–water partition coefficient (Wildman–Crippen LogP) is 5.56. The Morgan fingerprint density at radius 1 is 0.935 bits per heavy atom. The Labute approximate surface area is 182 Å². The van der Waals surface area contributed by atoms with Crippen LogP contribution in [0.5, 0.6) is 0 Å². The molecule has 2 heterocycles. The zero-order valence-corrected chi connectivity index (χ0v) is 17.6. The van der Waals surface area contributed by atoms with Gasteiger partial charge in [0.05, 0.1) is 5.71 Å². The Bertz CT molecular complexity index is 1190. The van der Waals surface area contributed by atoms with Crippen LogP contribution in [0.4, 0.5) is 0 Å². The van der Waals surface area contributed by atoms with Crippen LogP contribution in [0, 0.1) is 13.8 Å². The van der Waals surface area contributed by atoms with Crippen molar-refractivity contribution in [3.8, 4) is 11.1 Å². The van der Waals surface area contributed by atoms with Crippen molar-refractivity contribution in [1.82, 2.24) is 15.0 Å². The maximum absolute atomic E-state index is 9.83. The van der Waals surface area contributed by atoms with Crippen molar-refractivity contribution >= 4 is 5.71 Å². The van der Waals surface area contributed by atoms with Crippen LogP contribution in [-0.2, 0) is 0 Å². The van der Waals surface area contributed by atoms with Crippen LogP contribution >= 0.6 is 0 Å². The van der Waals surface area contributed by atoms with Gasteiger partial charge in [0.15, 0.2) is 0 Å². The molecular weight excluding hydrogens is 384 g/mol. The van der Waals surface area contributed by atoms with Crippen LogP contribution in [0.2, 0.25) is 0 Å². The second-order valence-corrected chi connectivity index (χ2v) is 7.60. The van der Waals surface area contributed by atoms with E-state index in [0.29, 0.717) is 12.1 Å². The Kier molecular flexibility index (Phi) is 6.13. The number of aromatic nitrogens is 3. The summed E-state index contributed by atoms with van der Waals surface area (Å²) < 4.78 is 0. The molecule has 0 amide bonds. The Morgan fingerprint density at radius 2 is 1.68 bits per heavy atom. The molecule has 4 rings (SSSR count). The van der Waals surface area contributed by atoms with Gasteiger partial charge in [0.1, 0.15) is 6.33 Å². The fourth-order valence-corrected chi connectivity index (χ4v) is 3.88. The first-order chi connectivity index (χ1) is 15.2. The van der Waals surface area contributed by atoms with Gasteiger partial charge in [0, 0.05) is 47.8 Å². The van der Waals surface area contributed by atoms with Crippen molar-refractivity contribution < 1.29 is 5.21 Å². The SMILES string of the molecule is Cc1cc(C(CC(c2ccc(-c3cncnc3)cc2)c2ccccc2C)=NO)ccn1. The monoisotopic (exact) mass is 408 g/mol. The molecule has 1 unspecified atom stereocenters. The first kappa shape index (κ1) is 20.4. The van der Waals surface area contributed by atoms with E-state index in [1.807, 2.05) is 37.5 Å². The summed E-state index contributed by atoms with van der Waals surface area (Å²) in [4.78, 5) is 12.5. The summed E-state index contributed by atoms with van der Waals surface area (Å²) in [5.74, 6) is 0.0432. The normalized spacial score (nSPS) is 12.5. The van der Waals surface area contributed by atoms with Crippen LogP contribution in [-0.4, -0.2) is 25.9 Å². The number of hydrogen-bond donors (Lipinski definition) is 1. The molecule has 1 atom stereocenters. The summed E-state index contributed by atoms with van der Waals surface area (Å²) in [7, 11) is 0. The number of rotatable bonds is 6. The number of hydrogen-bond acceptors (Lipinski definition) is 5. The maximum Gasteiger partial charge on any atom is 0.115 e. The molecule has 2 aromatic heterocycles. The quantitative estimate of drug-likeness (QED) is 0.258. The number of nitrogens with zero attached hydrogens (tertiary/aromatic N) is 4. The van der Waals surface area contributed by atoms with Crippen molar-refractivity contribution in [3.63, 3.8) is 0 Å². The number of pyridine rings is 1. The van der Waals surface area contributed by atoms with Crippen molar-refractivity contribution in [2.45, 2.75) is 26.2 Å². The second kappa shape index (κ2) is 9.30. The van der Waals surface area contributed by atoms with Crippen LogP contribution < -0.4 is 0 Å². The molecule has 31 heavy (non-hydrogen) atoms. The lowest BCUT2D eigenvalue weighted by atomic mass is 9.83. The van der Waals surface area contributed by atoms with Crippen LogP contribution in [0.1, 0.15) is 40.3 Å². The lowest BCUT2D eigenvalue weighted by Gasteiger charge is -2.21. The van der Waals surface area contributed by atoms with E-state index in [2.05, 4.69) is 69.5 Å². The molecule has 1 N–H and O–H groups in total. The van der Waals surface area contributed by atoms with Gasteiger partial charge in [-0.3, -0.25) is 4.98 Å². The van der Waals surface area contributed by atoms with E-state index in [0.717, 1.165) is 27.9 Å². The van der Waals surface area contributed by atoms with E-state index in [9.17, 15) is 5.21 Å². The van der Waals surface area contributed by atoms with E-state index >= 15 is 0 Å². The van der Waals surface area contributed by atoms with Gasteiger partial charge in [-0.2, -0.15) is 0 Å². The first-order valence-electron chi connectivity index (χ1n) is 10.2. The summed E-state index contributed by atoms with van der Waals surface area (Å²) in [6.07, 6.45) is 7.46. The molecule has 0 spiro atoms. The van der Waals surface area contributed by atoms with Crippen molar-refractivity contribution in [3.05, 3.63) is 114 Å². The molecule has 154 valence electrons. The third-order valence-corrected chi connectivity index (χ3v) is 5.52. The average molecular weight is 409 g/mol. The lowest BCUT2D eigenvalue weighted by Crippen LogP contribution is -2.12. The van der Waals surface area contributed by atoms with E-state index < -0.39 is 0 Å². The van der Waals surface area contributed by atoms with Crippen molar-refractivity contribution in [2.24, 2.45) is 5.16 Å². The fourth-order valence-electron chi connectivity index (χ4n) is 3.88. The highest BCUT2D eigenvalue weighted by Gasteiger charge is 2.20. The molecule has 0 saturated heterocycles. The summed E-state index contributed by atoms with van der Waals surface area (Å²) in [5, 5.41) is 13.5. The zero-order valence-electron chi connectivity index (χ0n) is 17.6. The first-order valence-corrected chi connectivity index (χ1v) is 10.2. The molecule has 5 heteroatoms. The number of oxime groups is 1. The smallest absolute Gasteiger partial charge is 0.115 e. The standard InChI is InChI=1S/C26H24N4O/c1-18-5-3-4-6-24(18)25(14-26(30-31)22-11-12-29-19(2)13-22)21-9-7-20(8-10-21)23-15-27-17-28-16-23/h3-13,15-17,25,31H,14H2,1-2H3. The van der Waals surface area contributed by atoms with Crippen LogP contribution in [0.15, 0.2) is 90.7 Å². The minimum Gasteiger partial charge on any atom is -0.411 e. The molecule has 0 aliphatic heterocycles. The predicted molar refractivity (Wildman–Crippen MR) is 122 cm³/mol. The average Bonchev–Trinajstić information content (AvgIpc) is 2.81. The highest BCUT2D eigenvalue weighted by molar-refractivity contribution is 6.01. The number of aryl methyl sites for hydroxylation is 2.